The van der Waals surface area contributed by atoms with Gasteiger partial charge < -0.3 is 0 Å². The second-order valence-corrected chi connectivity index (χ2v) is 2.68. The molecule has 0 aliphatic carbocycles. The lowest BCUT2D eigenvalue weighted by molar-refractivity contribution is -0.385. The van der Waals surface area contributed by atoms with E-state index in [0.29, 0.717) is 5.56 Å². The molecule has 6 heteroatoms. The lowest BCUT2D eigenvalue weighted by atomic mass is 10.2. The van der Waals surface area contributed by atoms with E-state index in [9.17, 15) is 10.1 Å². The Labute approximate surface area is 78.3 Å². The number of halogens is 2. The summed E-state index contributed by atoms with van der Waals surface area (Å²) >= 11 is 11.0. The Morgan fingerprint density at radius 3 is 2.83 bits per heavy atom. The average Bonchev–Trinajstić information content (AvgIpc) is 2.03. The van der Waals surface area contributed by atoms with Crippen molar-refractivity contribution in [3.8, 4) is 0 Å². The molecule has 0 amide bonds. The Bertz CT molecular complexity index is 316. The highest BCUT2D eigenvalue weighted by atomic mass is 35.5. The van der Waals surface area contributed by atoms with Crippen LogP contribution in [-0.4, -0.2) is 9.91 Å². The van der Waals surface area contributed by atoms with Crippen LogP contribution in [0.4, 0.5) is 5.69 Å². The maximum atomic E-state index is 10.4. The third-order valence-corrected chi connectivity index (χ3v) is 1.77. The van der Waals surface area contributed by atoms with Gasteiger partial charge in [-0.2, -0.15) is 0 Å². The molecule has 0 radical (unpaired) electrons. The van der Waals surface area contributed by atoms with Crippen molar-refractivity contribution < 1.29 is 4.92 Å². The van der Waals surface area contributed by atoms with Gasteiger partial charge in [0, 0.05) is 5.56 Å². The van der Waals surface area contributed by atoms with Crippen LogP contribution in [0.1, 0.15) is 5.56 Å². The van der Waals surface area contributed by atoms with Crippen molar-refractivity contribution in [1.82, 2.24) is 4.98 Å². The largest absolute Gasteiger partial charge is 0.292 e. The summed E-state index contributed by atoms with van der Waals surface area (Å²) < 4.78 is 0. The van der Waals surface area contributed by atoms with Crippen LogP contribution in [0, 0.1) is 10.1 Å². The fourth-order valence-electron chi connectivity index (χ4n) is 0.732. The minimum atomic E-state index is -0.541. The summed E-state index contributed by atoms with van der Waals surface area (Å²) in [6.45, 7) is 0. The highest BCUT2D eigenvalue weighted by molar-refractivity contribution is 6.29. The van der Waals surface area contributed by atoms with Crippen LogP contribution in [0.5, 0.6) is 0 Å². The van der Waals surface area contributed by atoms with E-state index in [1.54, 1.807) is 0 Å². The summed E-state index contributed by atoms with van der Waals surface area (Å²) in [5.41, 5.74) is 0.274. The lowest BCUT2D eigenvalue weighted by Crippen LogP contribution is -1.94. The topological polar surface area (TPSA) is 56.0 Å². The molecule has 0 spiro atoms. The normalized spacial score (nSPS) is 9.83. The molecule has 64 valence electrons. The molecule has 0 saturated carbocycles. The summed E-state index contributed by atoms with van der Waals surface area (Å²) in [6.07, 6.45) is 1.10. The SMILES string of the molecule is O=[N+]([O-])c1cnc(Cl)cc1CCl. The van der Waals surface area contributed by atoms with Gasteiger partial charge in [-0.05, 0) is 6.07 Å². The van der Waals surface area contributed by atoms with E-state index >= 15 is 0 Å². The third-order valence-electron chi connectivity index (χ3n) is 1.27. The summed E-state index contributed by atoms with van der Waals surface area (Å²) in [5.74, 6) is 0.0541. The molecular formula is C6H4Cl2N2O2. The smallest absolute Gasteiger partial charge is 0.258 e. The van der Waals surface area contributed by atoms with Crippen molar-refractivity contribution in [1.29, 1.82) is 0 Å². The molecule has 0 aliphatic heterocycles. The first-order valence-corrected chi connectivity index (χ1v) is 3.91. The zero-order valence-corrected chi connectivity index (χ0v) is 7.34. The van der Waals surface area contributed by atoms with Gasteiger partial charge in [0.1, 0.15) is 11.3 Å². The molecule has 0 N–H and O–H groups in total. The highest BCUT2D eigenvalue weighted by Crippen LogP contribution is 2.21. The molecular weight excluding hydrogens is 203 g/mol. The Morgan fingerprint density at radius 1 is 1.67 bits per heavy atom. The average molecular weight is 207 g/mol. The predicted octanol–water partition coefficient (Wildman–Crippen LogP) is 2.38. The summed E-state index contributed by atoms with van der Waals surface area (Å²) in [6, 6.07) is 1.38. The first-order valence-electron chi connectivity index (χ1n) is 3.00. The molecule has 12 heavy (non-hydrogen) atoms. The molecule has 1 aromatic heterocycles. The molecule has 0 bridgehead atoms. The van der Waals surface area contributed by atoms with Gasteiger partial charge >= 0.3 is 0 Å². The highest BCUT2D eigenvalue weighted by Gasteiger charge is 2.13. The van der Waals surface area contributed by atoms with Crippen LogP contribution < -0.4 is 0 Å². The van der Waals surface area contributed by atoms with Gasteiger partial charge in [0.05, 0.1) is 10.8 Å². The quantitative estimate of drug-likeness (QED) is 0.323. The van der Waals surface area contributed by atoms with E-state index in [-0.39, 0.29) is 16.7 Å². The fourth-order valence-corrected chi connectivity index (χ4v) is 1.13. The van der Waals surface area contributed by atoms with Crippen molar-refractivity contribution >= 4 is 28.9 Å². The number of nitro groups is 1. The third kappa shape index (κ3) is 1.84. The number of nitrogens with zero attached hydrogens (tertiary/aromatic N) is 2. The predicted molar refractivity (Wildman–Crippen MR) is 45.5 cm³/mol. The van der Waals surface area contributed by atoms with Crippen LogP contribution in [0.25, 0.3) is 0 Å². The zero-order valence-electron chi connectivity index (χ0n) is 5.83. The molecule has 1 rings (SSSR count). The van der Waals surface area contributed by atoms with Gasteiger partial charge in [0.15, 0.2) is 0 Å². The van der Waals surface area contributed by atoms with Crippen LogP contribution in [0.3, 0.4) is 0 Å². The first-order chi connectivity index (χ1) is 5.65. The maximum Gasteiger partial charge on any atom is 0.292 e. The fraction of sp³-hybridized carbons (Fsp3) is 0.167. The molecule has 1 aromatic rings. The van der Waals surface area contributed by atoms with Crippen LogP contribution in [0.2, 0.25) is 5.15 Å². The molecule has 0 aromatic carbocycles. The van der Waals surface area contributed by atoms with E-state index in [1.165, 1.54) is 6.07 Å². The van der Waals surface area contributed by atoms with Crippen molar-refractivity contribution in [3.05, 3.63) is 33.1 Å². The van der Waals surface area contributed by atoms with Gasteiger partial charge in [0.2, 0.25) is 0 Å². The number of hydrogen-bond acceptors (Lipinski definition) is 3. The van der Waals surface area contributed by atoms with E-state index in [2.05, 4.69) is 4.98 Å². The van der Waals surface area contributed by atoms with Gasteiger partial charge in [0.25, 0.3) is 5.69 Å². The molecule has 0 saturated heterocycles. The van der Waals surface area contributed by atoms with Gasteiger partial charge in [-0.25, -0.2) is 4.98 Å². The lowest BCUT2D eigenvalue weighted by Gasteiger charge is -1.97. The molecule has 1 heterocycles. The number of rotatable bonds is 2. The van der Waals surface area contributed by atoms with Gasteiger partial charge in [-0.3, -0.25) is 10.1 Å². The standard InChI is InChI=1S/C6H4Cl2N2O2/c7-2-4-1-6(8)9-3-5(4)10(11)12/h1,3H,2H2. The summed E-state index contributed by atoms with van der Waals surface area (Å²) in [5, 5.41) is 10.6. The van der Waals surface area contributed by atoms with Crippen LogP contribution in [0.15, 0.2) is 12.3 Å². The maximum absolute atomic E-state index is 10.4. The summed E-state index contributed by atoms with van der Waals surface area (Å²) in [7, 11) is 0. The van der Waals surface area contributed by atoms with Crippen molar-refractivity contribution in [2.45, 2.75) is 5.88 Å². The molecule has 0 aliphatic rings. The minimum absolute atomic E-state index is 0.0541. The molecule has 0 atom stereocenters. The monoisotopic (exact) mass is 206 g/mol. The van der Waals surface area contributed by atoms with E-state index in [4.69, 9.17) is 23.2 Å². The Morgan fingerprint density at radius 2 is 2.33 bits per heavy atom. The second-order valence-electron chi connectivity index (χ2n) is 2.03. The van der Waals surface area contributed by atoms with E-state index in [0.717, 1.165) is 6.20 Å². The second kappa shape index (κ2) is 3.69. The zero-order chi connectivity index (χ0) is 9.14. The Hall–Kier alpha value is -0.870. The Balaban J connectivity index is 3.20. The van der Waals surface area contributed by atoms with E-state index in [1.807, 2.05) is 0 Å². The van der Waals surface area contributed by atoms with Crippen molar-refractivity contribution in [2.24, 2.45) is 0 Å². The number of alkyl halides is 1. The van der Waals surface area contributed by atoms with E-state index < -0.39 is 4.92 Å². The summed E-state index contributed by atoms with van der Waals surface area (Å²) in [4.78, 5) is 13.4. The number of pyridine rings is 1. The minimum Gasteiger partial charge on any atom is -0.258 e. The number of hydrogen-bond donors (Lipinski definition) is 0. The van der Waals surface area contributed by atoms with Gasteiger partial charge in [-0.15, -0.1) is 11.6 Å². The number of aromatic nitrogens is 1. The molecule has 0 fully saturated rings. The Kier molecular flexibility index (Phi) is 2.83. The van der Waals surface area contributed by atoms with Crippen molar-refractivity contribution in [2.75, 3.05) is 0 Å². The van der Waals surface area contributed by atoms with Gasteiger partial charge in [-0.1, -0.05) is 11.6 Å². The molecule has 4 nitrogen and oxygen atoms in total. The first kappa shape index (κ1) is 9.22. The van der Waals surface area contributed by atoms with Crippen LogP contribution >= 0.6 is 23.2 Å². The van der Waals surface area contributed by atoms with Crippen LogP contribution in [-0.2, 0) is 5.88 Å². The van der Waals surface area contributed by atoms with Crippen molar-refractivity contribution in [3.63, 3.8) is 0 Å². The molecule has 0 unspecified atom stereocenters.